The van der Waals surface area contributed by atoms with Crippen molar-refractivity contribution < 1.29 is 19.0 Å². The number of aromatic carboxylic acids is 1. The molecule has 1 heterocycles. The number of carbonyl (C=O) groups is 1. The predicted molar refractivity (Wildman–Crippen MR) is 75.9 cm³/mol. The molecule has 20 heavy (non-hydrogen) atoms. The maximum Gasteiger partial charge on any atom is 0.335 e. The van der Waals surface area contributed by atoms with Gasteiger partial charge in [0, 0.05) is 23.7 Å². The molecule has 2 rings (SSSR count). The minimum atomic E-state index is -1.04. The fourth-order valence-corrected chi connectivity index (χ4v) is 3.08. The summed E-state index contributed by atoms with van der Waals surface area (Å²) in [4.78, 5) is 13.5. The van der Waals surface area contributed by atoms with E-state index in [0.717, 1.165) is 19.6 Å². The molecule has 1 fully saturated rings. The number of halogens is 1. The van der Waals surface area contributed by atoms with Crippen molar-refractivity contribution in [1.82, 2.24) is 4.90 Å². The Morgan fingerprint density at radius 2 is 2.40 bits per heavy atom. The molecule has 0 spiro atoms. The van der Waals surface area contributed by atoms with E-state index in [1.54, 1.807) is 0 Å². The molecule has 1 saturated heterocycles. The SMILES string of the molecule is CCN1CCOC(CSc2cc(C(=O)O)ccc2F)C1. The number of likely N-dealkylation sites (N-methyl/N-ethyl adjacent to an activating group) is 1. The van der Waals surface area contributed by atoms with Gasteiger partial charge in [-0.15, -0.1) is 11.8 Å². The molecule has 1 N–H and O–H groups in total. The summed E-state index contributed by atoms with van der Waals surface area (Å²) in [6.07, 6.45) is 0.0570. The van der Waals surface area contributed by atoms with Crippen LogP contribution < -0.4 is 0 Å². The molecule has 1 aliphatic heterocycles. The molecule has 1 atom stereocenters. The highest BCUT2D eigenvalue weighted by atomic mass is 32.2. The van der Waals surface area contributed by atoms with Gasteiger partial charge in [-0.1, -0.05) is 6.92 Å². The largest absolute Gasteiger partial charge is 0.478 e. The third-order valence-corrected chi connectivity index (χ3v) is 4.44. The smallest absolute Gasteiger partial charge is 0.335 e. The normalized spacial score (nSPS) is 20.0. The van der Waals surface area contributed by atoms with Gasteiger partial charge < -0.3 is 9.84 Å². The lowest BCUT2D eigenvalue weighted by Crippen LogP contribution is -2.43. The van der Waals surface area contributed by atoms with Crippen LogP contribution in [-0.4, -0.2) is 54.1 Å². The van der Waals surface area contributed by atoms with Crippen LogP contribution in [0.1, 0.15) is 17.3 Å². The monoisotopic (exact) mass is 299 g/mol. The Kier molecular flexibility index (Phi) is 5.39. The molecule has 0 aliphatic carbocycles. The van der Waals surface area contributed by atoms with Crippen LogP contribution in [0.5, 0.6) is 0 Å². The molecular formula is C14H18FNO3S. The van der Waals surface area contributed by atoms with Crippen molar-refractivity contribution in [2.75, 3.05) is 32.0 Å². The highest BCUT2D eigenvalue weighted by Crippen LogP contribution is 2.25. The molecule has 1 aliphatic rings. The average Bonchev–Trinajstić information content (AvgIpc) is 2.46. The van der Waals surface area contributed by atoms with Crippen molar-refractivity contribution in [1.29, 1.82) is 0 Å². The predicted octanol–water partition coefficient (Wildman–Crippen LogP) is 2.34. The van der Waals surface area contributed by atoms with Crippen molar-refractivity contribution >= 4 is 17.7 Å². The van der Waals surface area contributed by atoms with Gasteiger partial charge in [0.1, 0.15) is 5.82 Å². The molecule has 0 radical (unpaired) electrons. The Hall–Kier alpha value is -1.11. The fraction of sp³-hybridized carbons (Fsp3) is 0.500. The molecule has 1 aromatic carbocycles. The summed E-state index contributed by atoms with van der Waals surface area (Å²) in [7, 11) is 0. The molecule has 1 unspecified atom stereocenters. The summed E-state index contributed by atoms with van der Waals surface area (Å²) in [6.45, 7) is 5.54. The summed E-state index contributed by atoms with van der Waals surface area (Å²) in [5, 5.41) is 8.92. The van der Waals surface area contributed by atoms with Crippen LogP contribution in [0.15, 0.2) is 23.1 Å². The third-order valence-electron chi connectivity index (χ3n) is 3.27. The van der Waals surface area contributed by atoms with E-state index in [-0.39, 0.29) is 17.5 Å². The van der Waals surface area contributed by atoms with Gasteiger partial charge in [-0.05, 0) is 24.7 Å². The number of carboxylic acid groups (broad SMARTS) is 1. The number of hydrogen-bond acceptors (Lipinski definition) is 4. The molecule has 0 saturated carbocycles. The number of morpholine rings is 1. The summed E-state index contributed by atoms with van der Waals surface area (Å²) in [5.41, 5.74) is 0.105. The number of nitrogens with zero attached hydrogens (tertiary/aromatic N) is 1. The minimum Gasteiger partial charge on any atom is -0.478 e. The van der Waals surface area contributed by atoms with E-state index >= 15 is 0 Å². The first-order valence-electron chi connectivity index (χ1n) is 6.59. The van der Waals surface area contributed by atoms with Crippen LogP contribution in [-0.2, 0) is 4.74 Å². The highest BCUT2D eigenvalue weighted by molar-refractivity contribution is 7.99. The molecule has 6 heteroatoms. The van der Waals surface area contributed by atoms with E-state index < -0.39 is 5.97 Å². The van der Waals surface area contributed by atoms with Crippen LogP contribution >= 0.6 is 11.8 Å². The van der Waals surface area contributed by atoms with E-state index in [1.807, 2.05) is 0 Å². The molecule has 0 bridgehead atoms. The van der Waals surface area contributed by atoms with Gasteiger partial charge in [-0.2, -0.15) is 0 Å². The number of rotatable bonds is 5. The van der Waals surface area contributed by atoms with Crippen LogP contribution in [0, 0.1) is 5.82 Å². The topological polar surface area (TPSA) is 49.8 Å². The summed E-state index contributed by atoms with van der Waals surface area (Å²) in [6, 6.07) is 3.85. The summed E-state index contributed by atoms with van der Waals surface area (Å²) in [5.74, 6) is -0.808. The van der Waals surface area contributed by atoms with Gasteiger partial charge in [-0.25, -0.2) is 9.18 Å². The Bertz CT molecular complexity index is 483. The number of hydrogen-bond donors (Lipinski definition) is 1. The van der Waals surface area contributed by atoms with E-state index in [0.29, 0.717) is 17.3 Å². The second-order valence-corrected chi connectivity index (χ2v) is 5.71. The Morgan fingerprint density at radius 1 is 1.60 bits per heavy atom. The molecule has 110 valence electrons. The van der Waals surface area contributed by atoms with Crippen molar-refractivity contribution in [3.05, 3.63) is 29.6 Å². The van der Waals surface area contributed by atoms with Crippen LogP contribution in [0.25, 0.3) is 0 Å². The van der Waals surface area contributed by atoms with Gasteiger partial charge in [0.2, 0.25) is 0 Å². The fourth-order valence-electron chi connectivity index (χ4n) is 2.10. The Balaban J connectivity index is 1.96. The Morgan fingerprint density at radius 3 is 3.10 bits per heavy atom. The van der Waals surface area contributed by atoms with E-state index in [2.05, 4.69) is 11.8 Å². The molecule has 0 amide bonds. The molecule has 4 nitrogen and oxygen atoms in total. The third kappa shape index (κ3) is 3.94. The first-order chi connectivity index (χ1) is 9.60. The number of thioether (sulfide) groups is 1. The van der Waals surface area contributed by atoms with E-state index in [1.165, 1.54) is 30.0 Å². The van der Waals surface area contributed by atoms with Gasteiger partial charge in [0.15, 0.2) is 0 Å². The van der Waals surface area contributed by atoms with Gasteiger partial charge >= 0.3 is 5.97 Å². The van der Waals surface area contributed by atoms with E-state index in [9.17, 15) is 9.18 Å². The number of ether oxygens (including phenoxy) is 1. The summed E-state index contributed by atoms with van der Waals surface area (Å²) >= 11 is 1.31. The Labute approximate surface area is 121 Å². The zero-order valence-electron chi connectivity index (χ0n) is 11.3. The van der Waals surface area contributed by atoms with Gasteiger partial charge in [-0.3, -0.25) is 4.90 Å². The van der Waals surface area contributed by atoms with E-state index in [4.69, 9.17) is 9.84 Å². The highest BCUT2D eigenvalue weighted by Gasteiger charge is 2.20. The lowest BCUT2D eigenvalue weighted by molar-refractivity contribution is -0.0137. The first-order valence-corrected chi connectivity index (χ1v) is 7.58. The maximum atomic E-state index is 13.7. The second kappa shape index (κ2) is 7.06. The first kappa shape index (κ1) is 15.3. The standard InChI is InChI=1S/C14H18FNO3S/c1-2-16-5-6-19-11(8-16)9-20-13-7-10(14(17)18)3-4-12(13)15/h3-4,7,11H,2,5-6,8-9H2,1H3,(H,17,18). The lowest BCUT2D eigenvalue weighted by Gasteiger charge is -2.31. The number of carboxylic acids is 1. The maximum absolute atomic E-state index is 13.7. The minimum absolute atomic E-state index is 0.0570. The zero-order valence-corrected chi connectivity index (χ0v) is 12.2. The van der Waals surface area contributed by atoms with Gasteiger partial charge in [0.25, 0.3) is 0 Å². The van der Waals surface area contributed by atoms with Crippen molar-refractivity contribution in [3.8, 4) is 0 Å². The molecular weight excluding hydrogens is 281 g/mol. The van der Waals surface area contributed by atoms with Crippen LogP contribution in [0.3, 0.4) is 0 Å². The average molecular weight is 299 g/mol. The molecule has 0 aromatic heterocycles. The number of benzene rings is 1. The van der Waals surface area contributed by atoms with Crippen molar-refractivity contribution in [3.63, 3.8) is 0 Å². The summed E-state index contributed by atoms with van der Waals surface area (Å²) < 4.78 is 19.3. The lowest BCUT2D eigenvalue weighted by atomic mass is 10.2. The van der Waals surface area contributed by atoms with Crippen molar-refractivity contribution in [2.45, 2.75) is 17.9 Å². The van der Waals surface area contributed by atoms with Crippen LogP contribution in [0.4, 0.5) is 4.39 Å². The quantitative estimate of drug-likeness (QED) is 0.846. The molecule has 1 aromatic rings. The zero-order chi connectivity index (χ0) is 14.5. The van der Waals surface area contributed by atoms with Gasteiger partial charge in [0.05, 0.1) is 18.3 Å². The van der Waals surface area contributed by atoms with Crippen LogP contribution in [0.2, 0.25) is 0 Å². The second-order valence-electron chi connectivity index (χ2n) is 4.65. The van der Waals surface area contributed by atoms with Crippen molar-refractivity contribution in [2.24, 2.45) is 0 Å².